The van der Waals surface area contributed by atoms with Crippen molar-refractivity contribution in [2.75, 3.05) is 25.2 Å². The molecule has 1 aliphatic heterocycles. The van der Waals surface area contributed by atoms with Crippen LogP contribution < -0.4 is 5.32 Å². The number of ether oxygens (including phenoxy) is 1. The molecule has 0 radical (unpaired) electrons. The second kappa shape index (κ2) is 6.36. The maximum absolute atomic E-state index is 12.1. The largest absolute Gasteiger partial charge is 0.375 e. The molecule has 0 bridgehead atoms. The van der Waals surface area contributed by atoms with Gasteiger partial charge in [-0.3, -0.25) is 4.79 Å². The summed E-state index contributed by atoms with van der Waals surface area (Å²) in [7, 11) is -1.85. The summed E-state index contributed by atoms with van der Waals surface area (Å²) in [5.74, 6) is 0.0613. The summed E-state index contributed by atoms with van der Waals surface area (Å²) in [5.41, 5.74) is 1.49. The van der Waals surface area contributed by atoms with E-state index in [0.717, 1.165) is 5.69 Å². The first kappa shape index (κ1) is 16.7. The van der Waals surface area contributed by atoms with E-state index in [0.29, 0.717) is 11.5 Å². The molecule has 3 rings (SSSR count). The van der Waals surface area contributed by atoms with Crippen molar-refractivity contribution in [1.82, 2.24) is 24.8 Å². The molecule has 9 nitrogen and oxygen atoms in total. The molecule has 2 atom stereocenters. The molecule has 0 unspecified atom stereocenters. The molecule has 1 amide bonds. The molecule has 3 heterocycles. The summed E-state index contributed by atoms with van der Waals surface area (Å²) in [6.07, 6.45) is 4.87. The number of rotatable bonds is 5. The van der Waals surface area contributed by atoms with E-state index in [-0.39, 0.29) is 24.0 Å². The van der Waals surface area contributed by atoms with Gasteiger partial charge in [-0.2, -0.15) is 0 Å². The Morgan fingerprint density at radius 2 is 2.25 bits per heavy atom. The second-order valence-electron chi connectivity index (χ2n) is 5.79. The van der Waals surface area contributed by atoms with Gasteiger partial charge in [-0.15, -0.1) is 0 Å². The highest BCUT2D eigenvalue weighted by Crippen LogP contribution is 2.29. The SMILES string of the molecule is COCC(=O)N[C@@H]1CS(=O)(=O)C[C@H]1n1ccnc1-c1nc[nH]c1C. The number of amides is 1. The van der Waals surface area contributed by atoms with E-state index in [9.17, 15) is 13.2 Å². The minimum atomic E-state index is -3.26. The minimum Gasteiger partial charge on any atom is -0.375 e. The van der Waals surface area contributed by atoms with Crippen molar-refractivity contribution in [3.8, 4) is 11.5 Å². The van der Waals surface area contributed by atoms with Gasteiger partial charge in [0.1, 0.15) is 12.3 Å². The Morgan fingerprint density at radius 3 is 2.92 bits per heavy atom. The van der Waals surface area contributed by atoms with Crippen molar-refractivity contribution in [2.45, 2.75) is 19.0 Å². The van der Waals surface area contributed by atoms with Gasteiger partial charge in [0.25, 0.3) is 0 Å². The minimum absolute atomic E-state index is 0.0578. The van der Waals surface area contributed by atoms with Crippen LogP contribution in [-0.2, 0) is 19.4 Å². The van der Waals surface area contributed by atoms with Crippen molar-refractivity contribution in [3.05, 3.63) is 24.4 Å². The Morgan fingerprint density at radius 1 is 1.46 bits per heavy atom. The van der Waals surface area contributed by atoms with Gasteiger partial charge in [0.05, 0.1) is 29.9 Å². The predicted molar refractivity (Wildman–Crippen MR) is 86.0 cm³/mol. The third-order valence-corrected chi connectivity index (χ3v) is 5.73. The number of aryl methyl sites for hydroxylation is 1. The summed E-state index contributed by atoms with van der Waals surface area (Å²) in [6.45, 7) is 1.75. The number of imidazole rings is 2. The van der Waals surface area contributed by atoms with Gasteiger partial charge < -0.3 is 19.6 Å². The summed E-state index contributed by atoms with van der Waals surface area (Å²) >= 11 is 0. The number of hydrogen-bond donors (Lipinski definition) is 2. The van der Waals surface area contributed by atoms with E-state index in [2.05, 4.69) is 20.3 Å². The second-order valence-corrected chi connectivity index (χ2v) is 7.94. The number of methoxy groups -OCH3 is 1. The van der Waals surface area contributed by atoms with Gasteiger partial charge >= 0.3 is 0 Å². The summed E-state index contributed by atoms with van der Waals surface area (Å²) in [5, 5.41) is 2.74. The lowest BCUT2D eigenvalue weighted by Gasteiger charge is -2.22. The molecule has 2 N–H and O–H groups in total. The molecule has 0 aromatic carbocycles. The highest BCUT2D eigenvalue weighted by molar-refractivity contribution is 7.91. The highest BCUT2D eigenvalue weighted by Gasteiger charge is 2.40. The number of aromatic amines is 1. The van der Waals surface area contributed by atoms with Crippen LogP contribution in [-0.4, -0.2) is 65.1 Å². The number of aromatic nitrogens is 4. The maximum atomic E-state index is 12.1. The summed E-state index contributed by atoms with van der Waals surface area (Å²) in [6, 6.07) is -0.978. The van der Waals surface area contributed by atoms with Crippen LogP contribution in [0.4, 0.5) is 0 Å². The van der Waals surface area contributed by atoms with Crippen molar-refractivity contribution in [1.29, 1.82) is 0 Å². The smallest absolute Gasteiger partial charge is 0.246 e. The molecule has 0 aliphatic carbocycles. The van der Waals surface area contributed by atoms with Gasteiger partial charge in [-0.05, 0) is 6.92 Å². The molecule has 2 aromatic rings. The quantitative estimate of drug-likeness (QED) is 0.760. The summed E-state index contributed by atoms with van der Waals surface area (Å²) < 4.78 is 30.8. The van der Waals surface area contributed by atoms with Gasteiger partial charge in [-0.25, -0.2) is 18.4 Å². The number of nitrogens with one attached hydrogen (secondary N) is 2. The highest BCUT2D eigenvalue weighted by atomic mass is 32.2. The number of carbonyl (C=O) groups is 1. The monoisotopic (exact) mass is 353 g/mol. The molecular weight excluding hydrogens is 334 g/mol. The Kier molecular flexibility index (Phi) is 4.41. The zero-order valence-electron chi connectivity index (χ0n) is 13.4. The molecule has 0 saturated carbocycles. The van der Waals surface area contributed by atoms with Crippen LogP contribution in [0, 0.1) is 6.92 Å². The van der Waals surface area contributed by atoms with Crippen LogP contribution >= 0.6 is 0 Å². The zero-order chi connectivity index (χ0) is 17.3. The van der Waals surface area contributed by atoms with Crippen molar-refractivity contribution >= 4 is 15.7 Å². The molecular formula is C14H19N5O4S. The molecule has 130 valence electrons. The van der Waals surface area contributed by atoms with Gasteiger partial charge in [0.15, 0.2) is 15.7 Å². The van der Waals surface area contributed by atoms with E-state index < -0.39 is 21.9 Å². The molecule has 1 saturated heterocycles. The van der Waals surface area contributed by atoms with Crippen molar-refractivity contribution in [3.63, 3.8) is 0 Å². The fourth-order valence-electron chi connectivity index (χ4n) is 2.97. The molecule has 1 fully saturated rings. The fourth-order valence-corrected chi connectivity index (χ4v) is 4.87. The van der Waals surface area contributed by atoms with Gasteiger partial charge in [-0.1, -0.05) is 0 Å². The predicted octanol–water partition coefficient (Wildman–Crippen LogP) is -0.318. The lowest BCUT2D eigenvalue weighted by molar-refractivity contribution is -0.125. The molecule has 10 heteroatoms. The van der Waals surface area contributed by atoms with E-state index in [1.54, 1.807) is 23.3 Å². The van der Waals surface area contributed by atoms with Crippen LogP contribution in [0.3, 0.4) is 0 Å². The first-order valence-electron chi connectivity index (χ1n) is 7.43. The van der Waals surface area contributed by atoms with Crippen LogP contribution in [0.15, 0.2) is 18.7 Å². The number of nitrogens with zero attached hydrogens (tertiary/aromatic N) is 3. The Labute approximate surface area is 139 Å². The number of carbonyl (C=O) groups excluding carboxylic acids is 1. The van der Waals surface area contributed by atoms with Crippen LogP contribution in [0.5, 0.6) is 0 Å². The van der Waals surface area contributed by atoms with Gasteiger partial charge in [0, 0.05) is 25.2 Å². The first-order valence-corrected chi connectivity index (χ1v) is 9.25. The van der Waals surface area contributed by atoms with Crippen LogP contribution in [0.2, 0.25) is 0 Å². The number of sulfone groups is 1. The van der Waals surface area contributed by atoms with Gasteiger partial charge in [0.2, 0.25) is 5.91 Å². The maximum Gasteiger partial charge on any atom is 0.246 e. The van der Waals surface area contributed by atoms with E-state index in [1.165, 1.54) is 7.11 Å². The summed E-state index contributed by atoms with van der Waals surface area (Å²) in [4.78, 5) is 23.4. The van der Waals surface area contributed by atoms with E-state index in [1.807, 2.05) is 6.92 Å². The Bertz CT molecular complexity index is 841. The average Bonchev–Trinajstić information content (AvgIpc) is 3.17. The third kappa shape index (κ3) is 3.20. The first-order chi connectivity index (χ1) is 11.4. The zero-order valence-corrected chi connectivity index (χ0v) is 14.2. The standard InChI is InChI=1S/C14H19N5O4S/c1-9-13(17-8-16-9)14-15-3-4-19(14)11-7-24(21,22)6-10(11)18-12(20)5-23-2/h3-4,8,10-11H,5-7H2,1-2H3,(H,16,17)(H,18,20)/t10-,11-/m1/s1. The molecule has 1 aliphatic rings. The normalized spacial score (nSPS) is 22.6. The van der Waals surface area contributed by atoms with Crippen molar-refractivity contribution < 1.29 is 17.9 Å². The topological polar surface area (TPSA) is 119 Å². The number of H-pyrrole nitrogens is 1. The molecule has 24 heavy (non-hydrogen) atoms. The van der Waals surface area contributed by atoms with Crippen LogP contribution in [0.25, 0.3) is 11.5 Å². The van der Waals surface area contributed by atoms with Crippen molar-refractivity contribution in [2.24, 2.45) is 0 Å². The average molecular weight is 353 g/mol. The number of hydrogen-bond acceptors (Lipinski definition) is 6. The third-order valence-electron chi connectivity index (χ3n) is 4.01. The van der Waals surface area contributed by atoms with Crippen LogP contribution in [0.1, 0.15) is 11.7 Å². The lowest BCUT2D eigenvalue weighted by atomic mass is 10.1. The Balaban J connectivity index is 1.94. The molecule has 0 spiro atoms. The van der Waals surface area contributed by atoms with E-state index in [4.69, 9.17) is 4.74 Å². The van der Waals surface area contributed by atoms with E-state index >= 15 is 0 Å². The molecule has 2 aromatic heterocycles. The fraction of sp³-hybridized carbons (Fsp3) is 0.500. The Hall–Kier alpha value is -2.20. The lowest BCUT2D eigenvalue weighted by Crippen LogP contribution is -2.42.